The quantitative estimate of drug-likeness (QED) is 0.328. The van der Waals surface area contributed by atoms with Gasteiger partial charge in [0.25, 0.3) is 0 Å². The smallest absolute Gasteiger partial charge is 0.407 e. The molecular weight excluding hydrogens is 274 g/mol. The van der Waals surface area contributed by atoms with Crippen molar-refractivity contribution in [2.75, 3.05) is 6.61 Å². The van der Waals surface area contributed by atoms with E-state index in [4.69, 9.17) is 4.74 Å². The third-order valence-electron chi connectivity index (χ3n) is 4.29. The van der Waals surface area contributed by atoms with Crippen molar-refractivity contribution in [1.82, 2.24) is 5.32 Å². The molecule has 1 N–H and O–H groups in total. The second kappa shape index (κ2) is 13.7. The van der Waals surface area contributed by atoms with Crippen LogP contribution in [-0.2, 0) is 4.74 Å². The van der Waals surface area contributed by atoms with Crippen molar-refractivity contribution in [3.8, 4) is 0 Å². The Bertz CT molecular complexity index is 302. The molecule has 1 rings (SSSR count). The molecule has 1 fully saturated rings. The number of hydrogen-bond donors (Lipinski definition) is 1. The summed E-state index contributed by atoms with van der Waals surface area (Å²) in [4.78, 5) is 10.8. The third-order valence-corrected chi connectivity index (χ3v) is 4.29. The molecule has 0 aromatic rings. The number of amides is 1. The molecule has 1 amide bonds. The second-order valence-electron chi connectivity index (χ2n) is 6.46. The minimum Gasteiger partial charge on any atom is -0.447 e. The zero-order valence-corrected chi connectivity index (χ0v) is 14.4. The molecule has 3 heteroatoms. The second-order valence-corrected chi connectivity index (χ2v) is 6.46. The van der Waals surface area contributed by atoms with E-state index in [1.165, 1.54) is 77.0 Å². The van der Waals surface area contributed by atoms with Crippen molar-refractivity contribution in [2.24, 2.45) is 0 Å². The van der Waals surface area contributed by atoms with Crippen molar-refractivity contribution in [3.63, 3.8) is 0 Å². The maximum absolute atomic E-state index is 10.8. The van der Waals surface area contributed by atoms with Gasteiger partial charge in [-0.2, -0.15) is 0 Å². The summed E-state index contributed by atoms with van der Waals surface area (Å²) < 4.78 is 4.83. The highest BCUT2D eigenvalue weighted by Gasteiger charge is 2.18. The van der Waals surface area contributed by atoms with Gasteiger partial charge in [-0.15, -0.1) is 0 Å². The highest BCUT2D eigenvalue weighted by atomic mass is 16.6. The van der Waals surface area contributed by atoms with Crippen LogP contribution in [0.1, 0.15) is 90.4 Å². The number of cyclic esters (lactones) is 1. The Morgan fingerprint density at radius 3 is 2.00 bits per heavy atom. The van der Waals surface area contributed by atoms with E-state index in [1.807, 2.05) is 0 Å². The Labute approximate surface area is 136 Å². The van der Waals surface area contributed by atoms with E-state index in [1.54, 1.807) is 0 Å². The molecule has 22 heavy (non-hydrogen) atoms. The number of nitrogens with one attached hydrogen (secondary N) is 1. The van der Waals surface area contributed by atoms with E-state index in [2.05, 4.69) is 24.4 Å². The molecule has 1 heterocycles. The van der Waals surface area contributed by atoms with Crippen LogP contribution >= 0.6 is 0 Å². The van der Waals surface area contributed by atoms with Gasteiger partial charge in [0, 0.05) is 0 Å². The summed E-state index contributed by atoms with van der Waals surface area (Å²) in [5.74, 6) is 0. The Morgan fingerprint density at radius 1 is 0.955 bits per heavy atom. The van der Waals surface area contributed by atoms with Crippen LogP contribution in [0.15, 0.2) is 12.2 Å². The highest BCUT2D eigenvalue weighted by Crippen LogP contribution is 2.12. The van der Waals surface area contributed by atoms with Gasteiger partial charge < -0.3 is 10.1 Å². The van der Waals surface area contributed by atoms with Crippen LogP contribution in [0.3, 0.4) is 0 Å². The SMILES string of the molecule is CCCCCCCCCCCCCC/C=C\[C@@H]1COC(=O)N1. The average molecular weight is 309 g/mol. The van der Waals surface area contributed by atoms with Crippen molar-refractivity contribution < 1.29 is 9.53 Å². The van der Waals surface area contributed by atoms with Gasteiger partial charge in [0.2, 0.25) is 0 Å². The number of ether oxygens (including phenoxy) is 1. The molecule has 1 aliphatic rings. The van der Waals surface area contributed by atoms with Gasteiger partial charge in [-0.25, -0.2) is 4.79 Å². The molecular formula is C19H35NO2. The first-order valence-electron chi connectivity index (χ1n) is 9.43. The summed E-state index contributed by atoms with van der Waals surface area (Å²) in [5, 5.41) is 2.75. The summed E-state index contributed by atoms with van der Waals surface area (Å²) in [6.45, 7) is 2.75. The van der Waals surface area contributed by atoms with Crippen LogP contribution in [0, 0.1) is 0 Å². The molecule has 1 aliphatic heterocycles. The van der Waals surface area contributed by atoms with E-state index in [0.29, 0.717) is 6.61 Å². The van der Waals surface area contributed by atoms with Crippen molar-refractivity contribution in [2.45, 2.75) is 96.4 Å². The van der Waals surface area contributed by atoms with Crippen LogP contribution in [0.25, 0.3) is 0 Å². The summed E-state index contributed by atoms with van der Waals surface area (Å²) in [6, 6.07) is 0.0878. The Balaban J connectivity index is 1.74. The van der Waals surface area contributed by atoms with E-state index >= 15 is 0 Å². The predicted molar refractivity (Wildman–Crippen MR) is 93.1 cm³/mol. The van der Waals surface area contributed by atoms with Crippen LogP contribution in [0.2, 0.25) is 0 Å². The first kappa shape index (κ1) is 19.1. The van der Waals surface area contributed by atoms with Gasteiger partial charge in [-0.3, -0.25) is 0 Å². The molecule has 0 aromatic carbocycles. The Hall–Kier alpha value is -0.990. The fourth-order valence-electron chi connectivity index (χ4n) is 2.87. The van der Waals surface area contributed by atoms with Crippen LogP contribution in [0.5, 0.6) is 0 Å². The van der Waals surface area contributed by atoms with Crippen molar-refractivity contribution in [1.29, 1.82) is 0 Å². The monoisotopic (exact) mass is 309 g/mol. The van der Waals surface area contributed by atoms with Gasteiger partial charge >= 0.3 is 6.09 Å². The summed E-state index contributed by atoms with van der Waals surface area (Å²) in [6.07, 6.45) is 21.7. The fourth-order valence-corrected chi connectivity index (χ4v) is 2.87. The summed E-state index contributed by atoms with van der Waals surface area (Å²) >= 11 is 0. The van der Waals surface area contributed by atoms with E-state index in [-0.39, 0.29) is 12.1 Å². The Morgan fingerprint density at radius 2 is 1.50 bits per heavy atom. The maximum atomic E-state index is 10.8. The lowest BCUT2D eigenvalue weighted by molar-refractivity contribution is 0.177. The van der Waals surface area contributed by atoms with Crippen LogP contribution < -0.4 is 5.32 Å². The molecule has 0 radical (unpaired) electrons. The number of unbranched alkanes of at least 4 members (excludes halogenated alkanes) is 12. The molecule has 0 aromatic heterocycles. The van der Waals surface area contributed by atoms with Crippen molar-refractivity contribution in [3.05, 3.63) is 12.2 Å². The van der Waals surface area contributed by atoms with Gasteiger partial charge in [-0.1, -0.05) is 89.7 Å². The fraction of sp³-hybridized carbons (Fsp3) is 0.842. The van der Waals surface area contributed by atoms with E-state index in [0.717, 1.165) is 6.42 Å². The number of alkyl carbamates (subject to hydrolysis) is 1. The third kappa shape index (κ3) is 10.7. The summed E-state index contributed by atoms with van der Waals surface area (Å²) in [5.41, 5.74) is 0. The molecule has 0 unspecified atom stereocenters. The average Bonchev–Trinajstić information content (AvgIpc) is 2.93. The standard InChI is InChI=1S/C19H35NO2/c1-2-3-4-5-6-7-8-9-10-11-12-13-14-15-16-18-17-22-19(21)20-18/h15-16,18H,2-14,17H2,1H3,(H,20,21)/b16-15-/t18-/m1/s1. The molecule has 0 bridgehead atoms. The van der Waals surface area contributed by atoms with E-state index in [9.17, 15) is 4.79 Å². The molecule has 0 saturated carbocycles. The number of carbonyl (C=O) groups excluding carboxylic acids is 1. The molecule has 3 nitrogen and oxygen atoms in total. The summed E-state index contributed by atoms with van der Waals surface area (Å²) in [7, 11) is 0. The van der Waals surface area contributed by atoms with Gasteiger partial charge in [0.05, 0.1) is 6.04 Å². The number of rotatable bonds is 14. The maximum Gasteiger partial charge on any atom is 0.407 e. The lowest BCUT2D eigenvalue weighted by atomic mass is 10.0. The lowest BCUT2D eigenvalue weighted by Gasteiger charge is -2.02. The number of hydrogen-bond acceptors (Lipinski definition) is 2. The first-order chi connectivity index (χ1) is 10.8. The van der Waals surface area contributed by atoms with Gasteiger partial charge in [0.15, 0.2) is 0 Å². The molecule has 0 spiro atoms. The normalized spacial score (nSPS) is 17.9. The minimum absolute atomic E-state index is 0.0878. The number of carbonyl (C=O) groups is 1. The van der Waals surface area contributed by atoms with Gasteiger partial charge in [0.1, 0.15) is 6.61 Å². The number of allylic oxidation sites excluding steroid dienone is 1. The predicted octanol–water partition coefficient (Wildman–Crippen LogP) is 5.74. The van der Waals surface area contributed by atoms with Gasteiger partial charge in [-0.05, 0) is 12.8 Å². The molecule has 1 atom stereocenters. The molecule has 0 aliphatic carbocycles. The van der Waals surface area contributed by atoms with E-state index < -0.39 is 0 Å². The topological polar surface area (TPSA) is 38.3 Å². The molecule has 128 valence electrons. The lowest BCUT2D eigenvalue weighted by Crippen LogP contribution is -2.23. The zero-order valence-electron chi connectivity index (χ0n) is 14.4. The first-order valence-corrected chi connectivity index (χ1v) is 9.43. The van der Waals surface area contributed by atoms with Crippen LogP contribution in [-0.4, -0.2) is 18.7 Å². The minimum atomic E-state index is -0.292. The Kier molecular flexibility index (Phi) is 11.8. The highest BCUT2D eigenvalue weighted by molar-refractivity contribution is 5.70. The molecule has 1 saturated heterocycles. The zero-order chi connectivity index (χ0) is 15.9. The van der Waals surface area contributed by atoms with Crippen LogP contribution in [0.4, 0.5) is 4.79 Å². The largest absolute Gasteiger partial charge is 0.447 e. The van der Waals surface area contributed by atoms with Crippen molar-refractivity contribution >= 4 is 6.09 Å².